The molecule has 0 amide bonds. The van der Waals surface area contributed by atoms with Crippen molar-refractivity contribution in [2.45, 2.75) is 4.90 Å². The number of benzene rings is 1. The van der Waals surface area contributed by atoms with Crippen molar-refractivity contribution in [3.8, 4) is 0 Å². The molecule has 1 aromatic carbocycles. The molecule has 0 unspecified atom stereocenters. The Morgan fingerprint density at radius 1 is 1.42 bits per heavy atom. The minimum Gasteiger partial charge on any atom is -0.271 e. The van der Waals surface area contributed by atoms with Crippen LogP contribution < -0.4 is 5.06 Å². The highest BCUT2D eigenvalue weighted by Gasteiger charge is 2.15. The van der Waals surface area contributed by atoms with Gasteiger partial charge in [-0.15, -0.1) is 11.8 Å². The summed E-state index contributed by atoms with van der Waals surface area (Å²) in [6.45, 7) is 0.908. The number of hydroxylamine groups is 1. The van der Waals surface area contributed by atoms with E-state index in [1.807, 2.05) is 35.0 Å². The van der Waals surface area contributed by atoms with Gasteiger partial charge < -0.3 is 0 Å². The van der Waals surface area contributed by atoms with Gasteiger partial charge in [-0.25, -0.2) is 0 Å². The minimum atomic E-state index is 0.908. The van der Waals surface area contributed by atoms with Crippen LogP contribution in [0.2, 0.25) is 0 Å². The molecule has 3 heteroatoms. The molecule has 0 aliphatic carbocycles. The summed E-state index contributed by atoms with van der Waals surface area (Å²) < 4.78 is 0. The number of thioether (sulfide) groups is 1. The molecule has 0 N–H and O–H groups in total. The molecule has 0 saturated heterocycles. The molecule has 1 aliphatic rings. The number of rotatable bonds is 1. The molecule has 1 aromatic rings. The number of nitrogens with zero attached hydrogens (tertiary/aromatic N) is 1. The molecule has 63 valence electrons. The predicted molar refractivity (Wildman–Crippen MR) is 51.0 cm³/mol. The van der Waals surface area contributed by atoms with Crippen LogP contribution >= 0.6 is 11.8 Å². The second-order valence-corrected chi connectivity index (χ2v) is 3.68. The van der Waals surface area contributed by atoms with E-state index in [1.165, 1.54) is 4.90 Å². The van der Waals surface area contributed by atoms with Crippen molar-refractivity contribution in [1.82, 2.24) is 0 Å². The van der Waals surface area contributed by atoms with E-state index in [2.05, 4.69) is 13.2 Å². The Morgan fingerprint density at radius 3 is 3.08 bits per heavy atom. The first-order chi connectivity index (χ1) is 5.92. The maximum absolute atomic E-state index is 4.99. The van der Waals surface area contributed by atoms with Crippen molar-refractivity contribution in [3.05, 3.63) is 31.4 Å². The van der Waals surface area contributed by atoms with Crippen molar-refractivity contribution in [3.63, 3.8) is 0 Å². The van der Waals surface area contributed by atoms with E-state index in [-0.39, 0.29) is 0 Å². The zero-order valence-electron chi connectivity index (χ0n) is 6.69. The van der Waals surface area contributed by atoms with E-state index in [0.717, 1.165) is 18.0 Å². The number of hydrogen-bond acceptors (Lipinski definition) is 3. The molecule has 1 heterocycles. The SMILES string of the molecule is [CH2]ON1CCSc2ccccc21. The summed E-state index contributed by atoms with van der Waals surface area (Å²) in [6, 6.07) is 8.20. The molecule has 0 atom stereocenters. The lowest BCUT2D eigenvalue weighted by Gasteiger charge is -2.27. The number of fused-ring (bicyclic) bond motifs is 1. The highest BCUT2D eigenvalue weighted by Crippen LogP contribution is 2.33. The van der Waals surface area contributed by atoms with Crippen molar-refractivity contribution < 1.29 is 4.84 Å². The van der Waals surface area contributed by atoms with Crippen LogP contribution in [-0.2, 0) is 4.84 Å². The lowest BCUT2D eigenvalue weighted by molar-refractivity contribution is 0.210. The highest BCUT2D eigenvalue weighted by atomic mass is 32.2. The second kappa shape index (κ2) is 3.37. The molecule has 2 rings (SSSR count). The quantitative estimate of drug-likeness (QED) is 0.658. The Morgan fingerprint density at radius 2 is 2.25 bits per heavy atom. The first-order valence-corrected chi connectivity index (χ1v) is 4.82. The van der Waals surface area contributed by atoms with Gasteiger partial charge in [0.1, 0.15) is 7.11 Å². The Labute approximate surface area is 76.5 Å². The zero-order chi connectivity index (χ0) is 8.39. The molecule has 0 bridgehead atoms. The molecular formula is C9H10NOS. The summed E-state index contributed by atoms with van der Waals surface area (Å²) in [4.78, 5) is 6.26. The van der Waals surface area contributed by atoms with Crippen molar-refractivity contribution in [1.29, 1.82) is 0 Å². The van der Waals surface area contributed by atoms with Crippen LogP contribution in [-0.4, -0.2) is 12.3 Å². The van der Waals surface area contributed by atoms with Gasteiger partial charge in [-0.05, 0) is 12.1 Å². The Hall–Kier alpha value is -0.670. The van der Waals surface area contributed by atoms with E-state index >= 15 is 0 Å². The van der Waals surface area contributed by atoms with Crippen LogP contribution in [0.4, 0.5) is 5.69 Å². The lowest BCUT2D eigenvalue weighted by Crippen LogP contribution is -2.26. The van der Waals surface area contributed by atoms with Crippen molar-refractivity contribution in [2.75, 3.05) is 17.4 Å². The molecule has 12 heavy (non-hydrogen) atoms. The molecule has 0 aromatic heterocycles. The topological polar surface area (TPSA) is 12.5 Å². The fourth-order valence-electron chi connectivity index (χ4n) is 1.28. The summed E-state index contributed by atoms with van der Waals surface area (Å²) in [5.74, 6) is 1.06. The third-order valence-corrected chi connectivity index (χ3v) is 2.88. The van der Waals surface area contributed by atoms with Crippen LogP contribution in [0.15, 0.2) is 29.2 Å². The molecule has 0 fully saturated rings. The third kappa shape index (κ3) is 1.30. The molecule has 0 saturated carbocycles. The predicted octanol–water partition coefficient (Wildman–Crippen LogP) is 2.32. The maximum Gasteiger partial charge on any atom is 0.101 e. The standard InChI is InChI=1S/C9H10NOS/c1-11-10-6-7-12-9-5-3-2-4-8(9)10/h2-5H,1,6-7H2. The fourth-order valence-corrected chi connectivity index (χ4v) is 2.25. The summed E-state index contributed by atoms with van der Waals surface area (Å²) >= 11 is 1.86. The van der Waals surface area contributed by atoms with Crippen molar-refractivity contribution >= 4 is 17.4 Å². The monoisotopic (exact) mass is 180 g/mol. The van der Waals surface area contributed by atoms with Gasteiger partial charge in [0.2, 0.25) is 0 Å². The first-order valence-electron chi connectivity index (χ1n) is 3.83. The van der Waals surface area contributed by atoms with Gasteiger partial charge in [0.25, 0.3) is 0 Å². The number of hydrogen-bond donors (Lipinski definition) is 0. The van der Waals surface area contributed by atoms with Gasteiger partial charge in [-0.3, -0.25) is 9.90 Å². The highest BCUT2D eigenvalue weighted by molar-refractivity contribution is 7.99. The van der Waals surface area contributed by atoms with E-state index in [9.17, 15) is 0 Å². The van der Waals surface area contributed by atoms with Crippen molar-refractivity contribution in [2.24, 2.45) is 0 Å². The number of anilines is 1. The van der Waals surface area contributed by atoms with Crippen LogP contribution in [0.1, 0.15) is 0 Å². The Kier molecular flexibility index (Phi) is 2.23. The minimum absolute atomic E-state index is 0.908. The molecule has 2 nitrogen and oxygen atoms in total. The Balaban J connectivity index is 2.37. The van der Waals surface area contributed by atoms with Gasteiger partial charge >= 0.3 is 0 Å². The smallest absolute Gasteiger partial charge is 0.101 e. The Bertz CT molecular complexity index is 277. The van der Waals surface area contributed by atoms with Crippen LogP contribution in [0.5, 0.6) is 0 Å². The van der Waals surface area contributed by atoms with Gasteiger partial charge in [0.15, 0.2) is 0 Å². The van der Waals surface area contributed by atoms with Gasteiger partial charge in [0, 0.05) is 10.6 Å². The largest absolute Gasteiger partial charge is 0.271 e. The van der Waals surface area contributed by atoms with E-state index in [0.29, 0.717) is 0 Å². The maximum atomic E-state index is 4.99. The molecular weight excluding hydrogens is 170 g/mol. The van der Waals surface area contributed by atoms with Crippen LogP contribution in [0, 0.1) is 7.11 Å². The van der Waals surface area contributed by atoms with Gasteiger partial charge in [-0.1, -0.05) is 12.1 Å². The average Bonchev–Trinajstić information content (AvgIpc) is 2.17. The molecule has 1 radical (unpaired) electrons. The van der Waals surface area contributed by atoms with E-state index in [1.54, 1.807) is 0 Å². The number of para-hydroxylation sites is 1. The zero-order valence-corrected chi connectivity index (χ0v) is 7.51. The normalized spacial score (nSPS) is 15.9. The van der Waals surface area contributed by atoms with Crippen LogP contribution in [0.3, 0.4) is 0 Å². The molecule has 0 spiro atoms. The first kappa shape index (κ1) is 7.95. The summed E-state index contributed by atoms with van der Waals surface area (Å²) in [7, 11) is 3.42. The van der Waals surface area contributed by atoms with Crippen LogP contribution in [0.25, 0.3) is 0 Å². The van der Waals surface area contributed by atoms with E-state index < -0.39 is 0 Å². The third-order valence-electron chi connectivity index (χ3n) is 1.84. The summed E-state index contributed by atoms with van der Waals surface area (Å²) in [6.07, 6.45) is 0. The molecule has 1 aliphatic heterocycles. The van der Waals surface area contributed by atoms with Gasteiger partial charge in [0.05, 0.1) is 12.2 Å². The lowest BCUT2D eigenvalue weighted by atomic mass is 10.3. The summed E-state index contributed by atoms with van der Waals surface area (Å²) in [5.41, 5.74) is 1.13. The van der Waals surface area contributed by atoms with Gasteiger partial charge in [-0.2, -0.15) is 0 Å². The summed E-state index contributed by atoms with van der Waals surface area (Å²) in [5, 5.41) is 1.83. The fraction of sp³-hybridized carbons (Fsp3) is 0.222. The second-order valence-electron chi connectivity index (χ2n) is 2.55. The average molecular weight is 180 g/mol. The van der Waals surface area contributed by atoms with E-state index in [4.69, 9.17) is 4.84 Å².